The Labute approximate surface area is 124 Å². The van der Waals surface area contributed by atoms with Crippen LogP contribution in [-0.2, 0) is 4.74 Å². The van der Waals surface area contributed by atoms with Gasteiger partial charge >= 0.3 is 5.97 Å². The molecule has 2 rings (SSSR count). The summed E-state index contributed by atoms with van der Waals surface area (Å²) in [7, 11) is 1.41. The Morgan fingerprint density at radius 2 is 2.20 bits per heavy atom. The zero-order valence-electron chi connectivity index (χ0n) is 12.7. The third-order valence-corrected chi connectivity index (χ3v) is 5.12. The molecule has 1 atom stereocenters. The first kappa shape index (κ1) is 15.3. The number of likely N-dealkylation sites (N-methyl/N-ethyl adjacent to an activating group) is 1. The van der Waals surface area contributed by atoms with Crippen LogP contribution >= 0.6 is 11.3 Å². The topological polar surface area (TPSA) is 45.7 Å². The van der Waals surface area contributed by atoms with Gasteiger partial charge < -0.3 is 9.64 Å². The highest BCUT2D eigenvalue weighted by Gasteiger charge is 2.29. The van der Waals surface area contributed by atoms with Crippen LogP contribution in [0.5, 0.6) is 0 Å². The molecule has 1 fully saturated rings. The van der Waals surface area contributed by atoms with Crippen LogP contribution in [0.3, 0.4) is 0 Å². The summed E-state index contributed by atoms with van der Waals surface area (Å²) >= 11 is 1.44. The molecule has 1 aromatic heterocycles. The van der Waals surface area contributed by atoms with E-state index in [0.29, 0.717) is 10.9 Å². The Bertz CT molecular complexity index is 471. The molecule has 20 heavy (non-hydrogen) atoms. The number of thiazole rings is 1. The summed E-state index contributed by atoms with van der Waals surface area (Å²) in [5, 5.41) is 0.942. The van der Waals surface area contributed by atoms with Crippen molar-refractivity contribution < 1.29 is 9.53 Å². The van der Waals surface area contributed by atoms with Crippen molar-refractivity contribution in [3.8, 4) is 0 Å². The number of ether oxygens (including phenoxy) is 1. The Morgan fingerprint density at radius 3 is 2.80 bits per heavy atom. The maximum atomic E-state index is 11.6. The largest absolute Gasteiger partial charge is 0.465 e. The van der Waals surface area contributed by atoms with E-state index >= 15 is 0 Å². The summed E-state index contributed by atoms with van der Waals surface area (Å²) in [6.07, 6.45) is 1.16. The first-order valence-electron chi connectivity index (χ1n) is 7.15. The number of hydrogen-bond donors (Lipinski definition) is 0. The zero-order valence-corrected chi connectivity index (χ0v) is 13.5. The highest BCUT2D eigenvalue weighted by molar-refractivity contribution is 7.17. The van der Waals surface area contributed by atoms with Crippen LogP contribution in [0, 0.1) is 6.92 Å². The van der Waals surface area contributed by atoms with Crippen LogP contribution in [0.15, 0.2) is 0 Å². The van der Waals surface area contributed by atoms with Crippen LogP contribution in [0.2, 0.25) is 0 Å². The molecule has 1 saturated heterocycles. The van der Waals surface area contributed by atoms with Crippen LogP contribution in [0.4, 0.5) is 5.13 Å². The van der Waals surface area contributed by atoms with Crippen molar-refractivity contribution in [1.82, 2.24) is 9.88 Å². The van der Waals surface area contributed by atoms with Crippen molar-refractivity contribution in [3.05, 3.63) is 10.6 Å². The highest BCUT2D eigenvalue weighted by Crippen LogP contribution is 2.30. The fourth-order valence-corrected chi connectivity index (χ4v) is 3.77. The molecule has 2 heterocycles. The first-order valence-corrected chi connectivity index (χ1v) is 7.97. The van der Waals surface area contributed by atoms with Gasteiger partial charge in [-0.25, -0.2) is 9.78 Å². The van der Waals surface area contributed by atoms with Gasteiger partial charge in [-0.2, -0.15) is 0 Å². The summed E-state index contributed by atoms with van der Waals surface area (Å²) in [5.41, 5.74) is 0.767. The van der Waals surface area contributed by atoms with Crippen LogP contribution in [-0.4, -0.2) is 55.2 Å². The normalized spacial score (nSPS) is 18.9. The second kappa shape index (κ2) is 6.54. The van der Waals surface area contributed by atoms with Crippen molar-refractivity contribution in [2.75, 3.05) is 38.2 Å². The predicted octanol–water partition coefficient (Wildman–Crippen LogP) is 2.16. The van der Waals surface area contributed by atoms with Gasteiger partial charge in [0.1, 0.15) is 4.88 Å². The average molecular weight is 297 g/mol. The molecular weight excluding hydrogens is 274 g/mol. The maximum absolute atomic E-state index is 11.6. The summed E-state index contributed by atoms with van der Waals surface area (Å²) in [6, 6.07) is 0.593. The number of rotatable bonds is 5. The van der Waals surface area contributed by atoms with Gasteiger partial charge in [-0.1, -0.05) is 25.2 Å². The van der Waals surface area contributed by atoms with Gasteiger partial charge in [-0.15, -0.1) is 0 Å². The summed E-state index contributed by atoms with van der Waals surface area (Å²) in [4.78, 5) is 21.6. The van der Waals surface area contributed by atoms with Crippen LogP contribution in [0.1, 0.15) is 35.6 Å². The van der Waals surface area contributed by atoms with Gasteiger partial charge in [0.2, 0.25) is 0 Å². The van der Waals surface area contributed by atoms with Crippen molar-refractivity contribution >= 4 is 22.4 Å². The molecule has 0 bridgehead atoms. The number of methoxy groups -OCH3 is 1. The molecule has 5 nitrogen and oxygen atoms in total. The van der Waals surface area contributed by atoms with E-state index in [1.54, 1.807) is 0 Å². The number of nitrogens with zero attached hydrogens (tertiary/aromatic N) is 3. The monoisotopic (exact) mass is 297 g/mol. The molecule has 112 valence electrons. The molecule has 1 unspecified atom stereocenters. The van der Waals surface area contributed by atoms with Crippen molar-refractivity contribution in [2.24, 2.45) is 0 Å². The fraction of sp³-hybridized carbons (Fsp3) is 0.714. The second-order valence-corrected chi connectivity index (χ2v) is 5.99. The lowest BCUT2D eigenvalue weighted by Crippen LogP contribution is -2.37. The van der Waals surface area contributed by atoms with E-state index in [1.165, 1.54) is 18.4 Å². The minimum atomic E-state index is -0.286. The summed E-state index contributed by atoms with van der Waals surface area (Å²) in [6.45, 7) is 10.4. The van der Waals surface area contributed by atoms with Gasteiger partial charge in [-0.3, -0.25) is 4.90 Å². The Hall–Kier alpha value is -1.14. The van der Waals surface area contributed by atoms with Gasteiger partial charge in [0, 0.05) is 19.1 Å². The second-order valence-electron chi connectivity index (χ2n) is 5.01. The molecule has 0 N–H and O–H groups in total. The van der Waals surface area contributed by atoms with E-state index in [4.69, 9.17) is 4.74 Å². The molecule has 0 amide bonds. The lowest BCUT2D eigenvalue weighted by Gasteiger charge is -2.25. The van der Waals surface area contributed by atoms with E-state index < -0.39 is 0 Å². The smallest absolute Gasteiger partial charge is 0.350 e. The number of carbonyl (C=O) groups is 1. The maximum Gasteiger partial charge on any atom is 0.350 e. The Balaban J connectivity index is 2.09. The lowest BCUT2D eigenvalue weighted by molar-refractivity contribution is 0.0605. The molecule has 0 aliphatic carbocycles. The SMILES string of the molecule is CCN(CC)C1CCN(c2nc(C)c(C(=O)OC)s2)C1. The van der Waals surface area contributed by atoms with E-state index in [1.807, 2.05) is 6.92 Å². The van der Waals surface area contributed by atoms with Crippen molar-refractivity contribution in [2.45, 2.75) is 33.2 Å². The van der Waals surface area contributed by atoms with Crippen molar-refractivity contribution in [3.63, 3.8) is 0 Å². The van der Waals surface area contributed by atoms with Crippen LogP contribution in [0.25, 0.3) is 0 Å². The van der Waals surface area contributed by atoms with E-state index in [2.05, 4.69) is 28.6 Å². The number of anilines is 1. The number of esters is 1. The minimum absolute atomic E-state index is 0.286. The number of aromatic nitrogens is 1. The van der Waals surface area contributed by atoms with Gasteiger partial charge in [0.05, 0.1) is 12.8 Å². The van der Waals surface area contributed by atoms with Gasteiger partial charge in [0.15, 0.2) is 5.13 Å². The third-order valence-electron chi connectivity index (χ3n) is 3.92. The van der Waals surface area contributed by atoms with Crippen LogP contribution < -0.4 is 4.90 Å². The Morgan fingerprint density at radius 1 is 1.50 bits per heavy atom. The summed E-state index contributed by atoms with van der Waals surface area (Å²) in [5.74, 6) is -0.286. The molecule has 6 heteroatoms. The number of carbonyl (C=O) groups excluding carboxylic acids is 1. The average Bonchev–Trinajstić information content (AvgIpc) is 3.06. The van der Waals surface area contributed by atoms with Gasteiger partial charge in [-0.05, 0) is 26.4 Å². The molecule has 0 saturated carbocycles. The van der Waals surface area contributed by atoms with E-state index in [-0.39, 0.29) is 5.97 Å². The molecule has 1 aliphatic rings. The number of aryl methyl sites for hydroxylation is 1. The van der Waals surface area contributed by atoms with Crippen molar-refractivity contribution in [1.29, 1.82) is 0 Å². The molecule has 1 aromatic rings. The number of hydrogen-bond acceptors (Lipinski definition) is 6. The predicted molar refractivity (Wildman–Crippen MR) is 81.7 cm³/mol. The molecule has 1 aliphatic heterocycles. The van der Waals surface area contributed by atoms with E-state index in [9.17, 15) is 4.79 Å². The van der Waals surface area contributed by atoms with Gasteiger partial charge in [0.25, 0.3) is 0 Å². The summed E-state index contributed by atoms with van der Waals surface area (Å²) < 4.78 is 4.79. The first-order chi connectivity index (χ1) is 9.60. The lowest BCUT2D eigenvalue weighted by atomic mass is 10.2. The highest BCUT2D eigenvalue weighted by atomic mass is 32.1. The standard InChI is InChI=1S/C14H23N3O2S/c1-5-16(6-2)11-7-8-17(9-11)14-15-10(3)12(20-14)13(18)19-4/h11H,5-9H2,1-4H3. The molecule has 0 spiro atoms. The molecular formula is C14H23N3O2S. The van der Waals surface area contributed by atoms with E-state index in [0.717, 1.165) is 43.4 Å². The fourth-order valence-electron chi connectivity index (χ4n) is 2.75. The quantitative estimate of drug-likeness (QED) is 0.779. The minimum Gasteiger partial charge on any atom is -0.465 e. The molecule has 0 radical (unpaired) electrons. The zero-order chi connectivity index (χ0) is 14.7. The third kappa shape index (κ3) is 2.96. The Kier molecular flexibility index (Phi) is 4.99. The molecule has 0 aromatic carbocycles.